The molecule has 0 amide bonds. The highest BCUT2D eigenvalue weighted by Gasteiger charge is 2.11. The Morgan fingerprint density at radius 3 is 2.69 bits per heavy atom. The van der Waals surface area contributed by atoms with E-state index in [4.69, 9.17) is 16.6 Å². The van der Waals surface area contributed by atoms with Gasteiger partial charge in [0.15, 0.2) is 11.9 Å². The van der Waals surface area contributed by atoms with Gasteiger partial charge in [-0.1, -0.05) is 13.0 Å². The zero-order chi connectivity index (χ0) is 11.3. The number of guanidine groups is 2. The SMILES string of the molecule is CCC(NC(=N)NC(=N)N)c1cccs1.Cl. The van der Waals surface area contributed by atoms with Gasteiger partial charge >= 0.3 is 0 Å². The molecule has 0 aliphatic heterocycles. The molecule has 0 bridgehead atoms. The molecule has 16 heavy (non-hydrogen) atoms. The Labute approximate surface area is 105 Å². The Morgan fingerprint density at radius 1 is 1.56 bits per heavy atom. The fourth-order valence-corrected chi connectivity index (χ4v) is 2.07. The van der Waals surface area contributed by atoms with E-state index in [1.165, 1.54) is 4.88 Å². The molecule has 0 aliphatic rings. The van der Waals surface area contributed by atoms with Gasteiger partial charge in [0.1, 0.15) is 0 Å². The standard InChI is InChI=1S/C9H15N5S.ClH/c1-2-6(7-4-3-5-15-7)13-9(12)14-8(10)11;/h3-6H,2H2,1H3,(H6,10,11,12,13,14);1H. The van der Waals surface area contributed by atoms with Crippen molar-refractivity contribution in [3.8, 4) is 0 Å². The first-order valence-electron chi connectivity index (χ1n) is 4.63. The predicted molar refractivity (Wildman–Crippen MR) is 70.5 cm³/mol. The zero-order valence-corrected chi connectivity index (χ0v) is 10.5. The first-order chi connectivity index (χ1) is 7.13. The third kappa shape index (κ3) is 4.50. The van der Waals surface area contributed by atoms with Gasteiger partial charge in [0, 0.05) is 4.88 Å². The topological polar surface area (TPSA) is 97.8 Å². The molecular weight excluding hydrogens is 246 g/mol. The fourth-order valence-electron chi connectivity index (χ4n) is 1.21. The van der Waals surface area contributed by atoms with Crippen LogP contribution in [0.5, 0.6) is 0 Å². The Balaban J connectivity index is 0.00000225. The summed E-state index contributed by atoms with van der Waals surface area (Å²) in [5.41, 5.74) is 5.12. The van der Waals surface area contributed by atoms with E-state index < -0.39 is 0 Å². The van der Waals surface area contributed by atoms with Crippen molar-refractivity contribution in [3.63, 3.8) is 0 Å². The third-order valence-electron chi connectivity index (χ3n) is 1.87. The minimum Gasteiger partial charge on any atom is -0.370 e. The molecule has 1 aromatic rings. The zero-order valence-electron chi connectivity index (χ0n) is 8.91. The molecule has 0 aliphatic carbocycles. The summed E-state index contributed by atoms with van der Waals surface area (Å²) in [6.45, 7) is 2.04. The molecular formula is C9H16ClN5S. The smallest absolute Gasteiger partial charge is 0.195 e. The first-order valence-corrected chi connectivity index (χ1v) is 5.51. The molecule has 6 N–H and O–H groups in total. The molecule has 1 unspecified atom stereocenters. The highest BCUT2D eigenvalue weighted by atomic mass is 35.5. The molecule has 1 aromatic heterocycles. The van der Waals surface area contributed by atoms with E-state index in [-0.39, 0.29) is 30.4 Å². The van der Waals surface area contributed by atoms with Crippen LogP contribution in [-0.4, -0.2) is 11.9 Å². The van der Waals surface area contributed by atoms with Gasteiger partial charge in [0.2, 0.25) is 0 Å². The van der Waals surface area contributed by atoms with Crippen molar-refractivity contribution in [1.82, 2.24) is 10.6 Å². The second-order valence-corrected chi connectivity index (χ2v) is 4.01. The van der Waals surface area contributed by atoms with Crippen molar-refractivity contribution in [2.45, 2.75) is 19.4 Å². The Morgan fingerprint density at radius 2 is 2.25 bits per heavy atom. The highest BCUT2D eigenvalue weighted by Crippen LogP contribution is 2.21. The number of halogens is 1. The molecule has 5 nitrogen and oxygen atoms in total. The van der Waals surface area contributed by atoms with Gasteiger partial charge in [-0.25, -0.2) is 0 Å². The Bertz CT molecular complexity index is 338. The molecule has 90 valence electrons. The van der Waals surface area contributed by atoms with Gasteiger partial charge in [-0.3, -0.25) is 16.1 Å². The van der Waals surface area contributed by atoms with E-state index in [1.54, 1.807) is 11.3 Å². The average Bonchev–Trinajstić information content (AvgIpc) is 2.65. The maximum absolute atomic E-state index is 7.52. The fraction of sp³-hybridized carbons (Fsp3) is 0.333. The summed E-state index contributed by atoms with van der Waals surface area (Å²) in [7, 11) is 0. The van der Waals surface area contributed by atoms with Crippen molar-refractivity contribution in [2.75, 3.05) is 0 Å². The van der Waals surface area contributed by atoms with Crippen LogP contribution in [0.3, 0.4) is 0 Å². The summed E-state index contributed by atoms with van der Waals surface area (Å²) in [6.07, 6.45) is 0.877. The molecule has 1 heterocycles. The Hall–Kier alpha value is -1.27. The van der Waals surface area contributed by atoms with E-state index in [9.17, 15) is 0 Å². The molecule has 0 saturated heterocycles. The second-order valence-electron chi connectivity index (χ2n) is 3.03. The minimum atomic E-state index is -0.228. The van der Waals surface area contributed by atoms with Gasteiger partial charge in [-0.2, -0.15) is 0 Å². The van der Waals surface area contributed by atoms with Crippen LogP contribution in [-0.2, 0) is 0 Å². The summed E-state index contributed by atoms with van der Waals surface area (Å²) >= 11 is 1.64. The lowest BCUT2D eigenvalue weighted by Crippen LogP contribution is -2.44. The molecule has 1 atom stereocenters. The second kappa shape index (κ2) is 7.08. The van der Waals surface area contributed by atoms with E-state index in [0.29, 0.717) is 0 Å². The number of nitrogens with two attached hydrogens (primary N) is 1. The predicted octanol–water partition coefficient (Wildman–Crippen LogP) is 1.63. The molecule has 0 aromatic carbocycles. The normalized spacial score (nSPS) is 11.1. The summed E-state index contributed by atoms with van der Waals surface area (Å²) in [4.78, 5) is 1.17. The van der Waals surface area contributed by atoms with E-state index >= 15 is 0 Å². The lowest BCUT2D eigenvalue weighted by molar-refractivity contribution is 0.627. The van der Waals surface area contributed by atoms with E-state index in [1.807, 2.05) is 24.4 Å². The number of nitrogens with one attached hydrogen (secondary N) is 4. The number of hydrogen-bond donors (Lipinski definition) is 5. The lowest BCUT2D eigenvalue weighted by Gasteiger charge is -2.17. The van der Waals surface area contributed by atoms with Crippen LogP contribution in [0.1, 0.15) is 24.3 Å². The minimum absolute atomic E-state index is 0. The molecule has 0 saturated carbocycles. The quantitative estimate of drug-likeness (QED) is 0.422. The highest BCUT2D eigenvalue weighted by molar-refractivity contribution is 7.10. The maximum atomic E-state index is 7.52. The molecule has 0 spiro atoms. The number of rotatable bonds is 3. The van der Waals surface area contributed by atoms with Gasteiger partial charge < -0.3 is 11.1 Å². The van der Waals surface area contributed by atoms with Crippen LogP contribution in [0.15, 0.2) is 17.5 Å². The van der Waals surface area contributed by atoms with E-state index in [0.717, 1.165) is 6.42 Å². The Kier molecular flexibility index (Phi) is 6.52. The maximum Gasteiger partial charge on any atom is 0.195 e. The van der Waals surface area contributed by atoms with Crippen LogP contribution in [0.4, 0.5) is 0 Å². The lowest BCUT2D eigenvalue weighted by atomic mass is 10.2. The van der Waals surface area contributed by atoms with Crippen LogP contribution in [0, 0.1) is 10.8 Å². The van der Waals surface area contributed by atoms with Crippen molar-refractivity contribution in [3.05, 3.63) is 22.4 Å². The summed E-state index contributed by atoms with van der Waals surface area (Å²) in [6, 6.07) is 4.10. The number of thiophene rings is 1. The molecule has 7 heteroatoms. The average molecular weight is 262 g/mol. The van der Waals surface area contributed by atoms with Crippen molar-refractivity contribution in [1.29, 1.82) is 10.8 Å². The number of hydrogen-bond acceptors (Lipinski definition) is 3. The first kappa shape index (κ1) is 14.7. The third-order valence-corrected chi connectivity index (χ3v) is 2.86. The summed E-state index contributed by atoms with van der Waals surface area (Å²) < 4.78 is 0. The monoisotopic (exact) mass is 261 g/mol. The van der Waals surface area contributed by atoms with Crippen LogP contribution in [0.25, 0.3) is 0 Å². The van der Waals surface area contributed by atoms with Crippen molar-refractivity contribution < 1.29 is 0 Å². The molecule has 1 rings (SSSR count). The summed E-state index contributed by atoms with van der Waals surface area (Å²) in [5, 5.41) is 21.9. The van der Waals surface area contributed by atoms with Gasteiger partial charge in [0.05, 0.1) is 6.04 Å². The largest absolute Gasteiger partial charge is 0.370 e. The van der Waals surface area contributed by atoms with Crippen molar-refractivity contribution >= 4 is 35.7 Å². The van der Waals surface area contributed by atoms with Gasteiger partial charge in [-0.15, -0.1) is 23.7 Å². The molecule has 0 radical (unpaired) electrons. The summed E-state index contributed by atoms with van der Waals surface area (Å²) in [5.74, 6) is -0.170. The van der Waals surface area contributed by atoms with Crippen LogP contribution < -0.4 is 16.4 Å². The van der Waals surface area contributed by atoms with Crippen LogP contribution >= 0.6 is 23.7 Å². The van der Waals surface area contributed by atoms with Gasteiger partial charge in [0.25, 0.3) is 0 Å². The van der Waals surface area contributed by atoms with Crippen LogP contribution in [0.2, 0.25) is 0 Å². The van der Waals surface area contributed by atoms with E-state index in [2.05, 4.69) is 10.6 Å². The van der Waals surface area contributed by atoms with Crippen molar-refractivity contribution in [2.24, 2.45) is 5.73 Å². The van der Waals surface area contributed by atoms with Gasteiger partial charge in [-0.05, 0) is 17.9 Å². The molecule has 0 fully saturated rings.